The lowest BCUT2D eigenvalue weighted by Crippen LogP contribution is -2.40. The largest absolute Gasteiger partial charge is 0.451 e. The van der Waals surface area contributed by atoms with Crippen LogP contribution < -0.4 is 5.43 Å². The molecule has 0 N–H and O–H groups in total. The molecule has 31 heavy (non-hydrogen) atoms. The van der Waals surface area contributed by atoms with Crippen molar-refractivity contribution in [2.75, 3.05) is 11.5 Å². The molecule has 6 nitrogen and oxygen atoms in total. The van der Waals surface area contributed by atoms with Crippen molar-refractivity contribution in [2.45, 2.75) is 32.4 Å². The quantitative estimate of drug-likeness (QED) is 0.604. The SMILES string of the molecule is CCc1ccc2oc(C(=O)N(Cc3ccc(F)cc3)[C@@H]3CCS(=O)(=O)C3)cc(=O)c2c1. The molecule has 0 unspecified atom stereocenters. The number of halogens is 1. The molecule has 1 atom stereocenters. The van der Waals surface area contributed by atoms with Gasteiger partial charge in [0.2, 0.25) is 0 Å². The van der Waals surface area contributed by atoms with E-state index in [2.05, 4.69) is 0 Å². The van der Waals surface area contributed by atoms with Gasteiger partial charge in [0.15, 0.2) is 21.0 Å². The van der Waals surface area contributed by atoms with Crippen molar-refractivity contribution in [2.24, 2.45) is 0 Å². The predicted molar refractivity (Wildman–Crippen MR) is 115 cm³/mol. The fourth-order valence-electron chi connectivity index (χ4n) is 3.84. The molecular formula is C23H22FNO5S. The van der Waals surface area contributed by atoms with Crippen LogP contribution in [0, 0.1) is 5.82 Å². The molecule has 1 aromatic heterocycles. The number of aryl methyl sites for hydroxylation is 1. The highest BCUT2D eigenvalue weighted by Crippen LogP contribution is 2.24. The van der Waals surface area contributed by atoms with Crippen LogP contribution in [0.25, 0.3) is 11.0 Å². The molecule has 0 saturated carbocycles. The van der Waals surface area contributed by atoms with Crippen molar-refractivity contribution < 1.29 is 22.0 Å². The van der Waals surface area contributed by atoms with Crippen molar-refractivity contribution in [3.63, 3.8) is 0 Å². The summed E-state index contributed by atoms with van der Waals surface area (Å²) in [6, 6.07) is 11.5. The molecule has 4 rings (SSSR count). The number of rotatable bonds is 5. The van der Waals surface area contributed by atoms with Crippen LogP contribution in [-0.2, 0) is 22.8 Å². The third-order valence-electron chi connectivity index (χ3n) is 5.59. The molecular weight excluding hydrogens is 421 g/mol. The number of hydrogen-bond donors (Lipinski definition) is 0. The van der Waals surface area contributed by atoms with E-state index in [1.165, 1.54) is 17.0 Å². The zero-order valence-corrected chi connectivity index (χ0v) is 17.8. The van der Waals surface area contributed by atoms with Crippen molar-refractivity contribution >= 4 is 26.7 Å². The number of fused-ring (bicyclic) bond motifs is 1. The highest BCUT2D eigenvalue weighted by Gasteiger charge is 2.36. The Labute approximate surface area is 179 Å². The van der Waals surface area contributed by atoms with E-state index in [0.29, 0.717) is 23.0 Å². The molecule has 162 valence electrons. The van der Waals surface area contributed by atoms with E-state index in [9.17, 15) is 22.4 Å². The van der Waals surface area contributed by atoms with Crippen molar-refractivity contribution in [3.8, 4) is 0 Å². The minimum absolute atomic E-state index is 0.00761. The first-order valence-corrected chi connectivity index (χ1v) is 11.9. The van der Waals surface area contributed by atoms with E-state index in [0.717, 1.165) is 18.1 Å². The van der Waals surface area contributed by atoms with Gasteiger partial charge >= 0.3 is 0 Å². The zero-order chi connectivity index (χ0) is 22.2. The second-order valence-corrected chi connectivity index (χ2v) is 10.0. The summed E-state index contributed by atoms with van der Waals surface area (Å²) in [5.74, 6) is -1.28. The molecule has 1 aliphatic rings. The fraction of sp³-hybridized carbons (Fsp3) is 0.304. The first-order valence-electron chi connectivity index (χ1n) is 10.1. The molecule has 1 aliphatic heterocycles. The molecule has 2 aromatic carbocycles. The van der Waals surface area contributed by atoms with Gasteiger partial charge in [0.25, 0.3) is 5.91 Å². The number of hydrogen-bond acceptors (Lipinski definition) is 5. The molecule has 1 fully saturated rings. The number of sulfone groups is 1. The minimum atomic E-state index is -3.25. The number of benzene rings is 2. The summed E-state index contributed by atoms with van der Waals surface area (Å²) in [6.07, 6.45) is 1.06. The summed E-state index contributed by atoms with van der Waals surface area (Å²) in [5, 5.41) is 0.393. The first-order chi connectivity index (χ1) is 14.8. The van der Waals surface area contributed by atoms with Crippen LogP contribution in [0.15, 0.2) is 57.7 Å². The van der Waals surface area contributed by atoms with Gasteiger partial charge < -0.3 is 9.32 Å². The van der Waals surface area contributed by atoms with Crippen molar-refractivity contribution in [1.82, 2.24) is 4.90 Å². The standard InChI is InChI=1S/C23H22FNO5S/c1-2-15-5-8-21-19(11-15)20(26)12-22(30-21)23(27)25(18-9-10-31(28,29)14-18)13-16-3-6-17(24)7-4-16/h3-8,11-12,18H,2,9-10,13-14H2,1H3/t18-/m1/s1. The summed E-state index contributed by atoms with van der Waals surface area (Å²) >= 11 is 0. The van der Waals surface area contributed by atoms with Crippen LogP contribution in [0.5, 0.6) is 0 Å². The number of amides is 1. The average molecular weight is 443 g/mol. The summed E-state index contributed by atoms with van der Waals surface area (Å²) in [4.78, 5) is 27.4. The Bertz CT molecular complexity index is 1300. The summed E-state index contributed by atoms with van der Waals surface area (Å²) in [6.45, 7) is 2.06. The molecule has 1 saturated heterocycles. The lowest BCUT2D eigenvalue weighted by molar-refractivity contribution is 0.0648. The third kappa shape index (κ3) is 4.54. The normalized spacial score (nSPS) is 17.7. The molecule has 0 aliphatic carbocycles. The summed E-state index contributed by atoms with van der Waals surface area (Å²) in [7, 11) is -3.25. The van der Waals surface area contributed by atoms with Gasteiger partial charge in [0.05, 0.1) is 16.9 Å². The van der Waals surface area contributed by atoms with E-state index < -0.39 is 27.6 Å². The van der Waals surface area contributed by atoms with Crippen LogP contribution in [0.2, 0.25) is 0 Å². The van der Waals surface area contributed by atoms with Gasteiger partial charge in [-0.05, 0) is 48.2 Å². The topological polar surface area (TPSA) is 84.7 Å². The first kappa shape index (κ1) is 21.2. The van der Waals surface area contributed by atoms with Gasteiger partial charge in [-0.1, -0.05) is 25.1 Å². The van der Waals surface area contributed by atoms with Crippen molar-refractivity contribution in [1.29, 1.82) is 0 Å². The Balaban J connectivity index is 1.72. The minimum Gasteiger partial charge on any atom is -0.451 e. The molecule has 0 spiro atoms. The monoisotopic (exact) mass is 443 g/mol. The number of carbonyl (C=O) groups is 1. The average Bonchev–Trinajstić information content (AvgIpc) is 3.12. The van der Waals surface area contributed by atoms with Crippen LogP contribution in [0.4, 0.5) is 4.39 Å². The molecule has 8 heteroatoms. The van der Waals surface area contributed by atoms with Gasteiger partial charge in [-0.3, -0.25) is 9.59 Å². The Morgan fingerprint density at radius 1 is 1.13 bits per heavy atom. The van der Waals surface area contributed by atoms with Crippen LogP contribution in [0.3, 0.4) is 0 Å². The maximum absolute atomic E-state index is 13.4. The lowest BCUT2D eigenvalue weighted by Gasteiger charge is -2.28. The molecule has 1 amide bonds. The second-order valence-electron chi connectivity index (χ2n) is 7.78. The van der Waals surface area contributed by atoms with E-state index >= 15 is 0 Å². The number of carbonyl (C=O) groups excluding carboxylic acids is 1. The molecule has 0 bridgehead atoms. The van der Waals surface area contributed by atoms with Crippen LogP contribution in [-0.4, -0.2) is 36.8 Å². The summed E-state index contributed by atoms with van der Waals surface area (Å²) < 4.78 is 43.1. The molecule has 3 aromatic rings. The Morgan fingerprint density at radius 2 is 1.84 bits per heavy atom. The van der Waals surface area contributed by atoms with E-state index in [1.54, 1.807) is 24.3 Å². The van der Waals surface area contributed by atoms with Gasteiger partial charge in [0.1, 0.15) is 11.4 Å². The smallest absolute Gasteiger partial charge is 0.290 e. The highest BCUT2D eigenvalue weighted by molar-refractivity contribution is 7.91. The van der Waals surface area contributed by atoms with Gasteiger partial charge in [-0.2, -0.15) is 0 Å². The van der Waals surface area contributed by atoms with Crippen LogP contribution in [0.1, 0.15) is 35.0 Å². The highest BCUT2D eigenvalue weighted by atomic mass is 32.2. The molecule has 0 radical (unpaired) electrons. The fourth-order valence-corrected chi connectivity index (χ4v) is 5.58. The van der Waals surface area contributed by atoms with E-state index in [-0.39, 0.29) is 29.2 Å². The van der Waals surface area contributed by atoms with Gasteiger partial charge in [-0.15, -0.1) is 0 Å². The lowest BCUT2D eigenvalue weighted by atomic mass is 10.1. The predicted octanol–water partition coefficient (Wildman–Crippen LogP) is 3.32. The van der Waals surface area contributed by atoms with Gasteiger partial charge in [-0.25, -0.2) is 12.8 Å². The maximum atomic E-state index is 13.4. The zero-order valence-electron chi connectivity index (χ0n) is 17.0. The van der Waals surface area contributed by atoms with Gasteiger partial charge in [0, 0.05) is 18.7 Å². The van der Waals surface area contributed by atoms with Crippen LogP contribution >= 0.6 is 0 Å². The second kappa shape index (κ2) is 8.26. The third-order valence-corrected chi connectivity index (χ3v) is 7.34. The Hall–Kier alpha value is -3.00. The van der Waals surface area contributed by atoms with E-state index in [4.69, 9.17) is 4.42 Å². The molecule has 2 heterocycles. The summed E-state index contributed by atoms with van der Waals surface area (Å²) in [5.41, 5.74) is 1.59. The maximum Gasteiger partial charge on any atom is 0.290 e. The van der Waals surface area contributed by atoms with Crippen molar-refractivity contribution in [3.05, 3.63) is 81.5 Å². The Morgan fingerprint density at radius 3 is 2.48 bits per heavy atom. The Kier molecular flexibility index (Phi) is 5.66. The number of nitrogens with zero attached hydrogens (tertiary/aromatic N) is 1. The van der Waals surface area contributed by atoms with E-state index in [1.807, 2.05) is 13.0 Å².